The standard InChI is InChI=1S/C21H23NO2/c1-4-5-8-20(19-10-7-6-9-18(19)15(2)3)21(23)16-11-13-17(22-24)14-12-16/h6-7,9-14,20H,2,4-5,8H2,1,3H3. The van der Waals surface area contributed by atoms with Gasteiger partial charge in [0.1, 0.15) is 5.69 Å². The van der Waals surface area contributed by atoms with Gasteiger partial charge in [0.15, 0.2) is 5.78 Å². The highest BCUT2D eigenvalue weighted by atomic mass is 16.3. The Labute approximate surface area is 143 Å². The van der Waals surface area contributed by atoms with Gasteiger partial charge in [-0.15, -0.1) is 4.91 Å². The van der Waals surface area contributed by atoms with Crippen LogP contribution in [0.5, 0.6) is 0 Å². The van der Waals surface area contributed by atoms with Crippen LogP contribution in [0.2, 0.25) is 0 Å². The zero-order valence-electron chi connectivity index (χ0n) is 14.3. The van der Waals surface area contributed by atoms with Crippen LogP contribution in [0.1, 0.15) is 60.5 Å². The van der Waals surface area contributed by atoms with Gasteiger partial charge < -0.3 is 0 Å². The molecule has 2 rings (SSSR count). The van der Waals surface area contributed by atoms with Crippen LogP contribution in [0, 0.1) is 4.91 Å². The third kappa shape index (κ3) is 4.05. The van der Waals surface area contributed by atoms with Gasteiger partial charge in [0.25, 0.3) is 0 Å². The van der Waals surface area contributed by atoms with Crippen molar-refractivity contribution in [1.29, 1.82) is 0 Å². The number of hydrogen-bond donors (Lipinski definition) is 0. The molecule has 0 spiro atoms. The number of carbonyl (C=O) groups is 1. The molecule has 0 N–H and O–H groups in total. The summed E-state index contributed by atoms with van der Waals surface area (Å²) in [5.41, 5.74) is 3.97. The third-order valence-electron chi connectivity index (χ3n) is 4.22. The minimum atomic E-state index is -0.201. The average Bonchev–Trinajstić information content (AvgIpc) is 2.62. The summed E-state index contributed by atoms with van der Waals surface area (Å²) in [5, 5.41) is 2.89. The Balaban J connectivity index is 2.42. The van der Waals surface area contributed by atoms with E-state index < -0.39 is 0 Å². The Morgan fingerprint density at radius 2 is 1.79 bits per heavy atom. The fraction of sp³-hybridized carbons (Fsp3) is 0.286. The molecule has 0 saturated heterocycles. The van der Waals surface area contributed by atoms with Gasteiger partial charge in [-0.25, -0.2) is 0 Å². The number of carbonyl (C=O) groups excluding carboxylic acids is 1. The fourth-order valence-electron chi connectivity index (χ4n) is 2.91. The van der Waals surface area contributed by atoms with Crippen molar-refractivity contribution in [2.24, 2.45) is 5.18 Å². The quantitative estimate of drug-likeness (QED) is 0.424. The van der Waals surface area contributed by atoms with Gasteiger partial charge >= 0.3 is 0 Å². The average molecular weight is 321 g/mol. The first-order chi connectivity index (χ1) is 11.6. The third-order valence-corrected chi connectivity index (χ3v) is 4.22. The molecule has 1 unspecified atom stereocenters. The van der Waals surface area contributed by atoms with Gasteiger partial charge in [0.05, 0.1) is 0 Å². The molecule has 0 aromatic heterocycles. The maximum atomic E-state index is 13.1. The highest BCUT2D eigenvalue weighted by molar-refractivity contribution is 6.01. The number of ketones is 1. The monoisotopic (exact) mass is 321 g/mol. The molecule has 0 bridgehead atoms. The van der Waals surface area contributed by atoms with Crippen LogP contribution in [-0.4, -0.2) is 5.78 Å². The van der Waals surface area contributed by atoms with E-state index in [-0.39, 0.29) is 11.7 Å². The predicted molar refractivity (Wildman–Crippen MR) is 99.6 cm³/mol. The molecule has 3 heteroatoms. The molecule has 1 atom stereocenters. The van der Waals surface area contributed by atoms with Gasteiger partial charge in [-0.2, -0.15) is 0 Å². The molecule has 24 heavy (non-hydrogen) atoms. The Morgan fingerprint density at radius 1 is 1.12 bits per heavy atom. The Hall–Kier alpha value is -2.55. The maximum absolute atomic E-state index is 13.1. The molecular weight excluding hydrogens is 298 g/mol. The Bertz CT molecular complexity index is 732. The van der Waals surface area contributed by atoms with Crippen LogP contribution in [0.3, 0.4) is 0 Å². The predicted octanol–water partition coefficient (Wildman–Crippen LogP) is 6.27. The number of unbranched alkanes of at least 4 members (excludes halogenated alkanes) is 1. The van der Waals surface area contributed by atoms with Gasteiger partial charge in [-0.3, -0.25) is 4.79 Å². The minimum Gasteiger partial charge on any atom is -0.293 e. The van der Waals surface area contributed by atoms with Gasteiger partial charge in [-0.05, 0) is 53.9 Å². The van der Waals surface area contributed by atoms with E-state index >= 15 is 0 Å². The smallest absolute Gasteiger partial charge is 0.170 e. The van der Waals surface area contributed by atoms with E-state index in [2.05, 4.69) is 18.7 Å². The molecule has 2 aromatic rings. The lowest BCUT2D eigenvalue weighted by Crippen LogP contribution is -2.14. The van der Waals surface area contributed by atoms with E-state index in [1.165, 1.54) is 0 Å². The molecule has 0 radical (unpaired) electrons. The summed E-state index contributed by atoms with van der Waals surface area (Å²) in [5.74, 6) is -0.123. The van der Waals surface area contributed by atoms with Crippen LogP contribution >= 0.6 is 0 Å². The van der Waals surface area contributed by atoms with Gasteiger partial charge in [-0.1, -0.05) is 56.2 Å². The lowest BCUT2D eigenvalue weighted by Gasteiger charge is -2.20. The van der Waals surface area contributed by atoms with Crippen LogP contribution in [0.15, 0.2) is 60.3 Å². The summed E-state index contributed by atoms with van der Waals surface area (Å²) in [6, 6.07) is 14.5. The summed E-state index contributed by atoms with van der Waals surface area (Å²) >= 11 is 0. The second-order valence-corrected chi connectivity index (χ2v) is 6.06. The number of nitrogens with zero attached hydrogens (tertiary/aromatic N) is 1. The van der Waals surface area contributed by atoms with E-state index in [0.717, 1.165) is 36.0 Å². The molecule has 0 aliphatic heterocycles. The second kappa shape index (κ2) is 8.34. The van der Waals surface area contributed by atoms with Crippen molar-refractivity contribution in [1.82, 2.24) is 0 Å². The Morgan fingerprint density at radius 3 is 2.38 bits per heavy atom. The van der Waals surface area contributed by atoms with Crippen molar-refractivity contribution >= 4 is 17.0 Å². The molecule has 0 amide bonds. The summed E-state index contributed by atoms with van der Waals surface area (Å²) in [6.45, 7) is 8.13. The molecule has 3 nitrogen and oxygen atoms in total. The highest BCUT2D eigenvalue weighted by Gasteiger charge is 2.24. The fourth-order valence-corrected chi connectivity index (χ4v) is 2.91. The van der Waals surface area contributed by atoms with Crippen molar-refractivity contribution < 1.29 is 4.79 Å². The molecule has 0 fully saturated rings. The number of rotatable bonds is 8. The van der Waals surface area contributed by atoms with E-state index in [1.807, 2.05) is 31.2 Å². The first-order valence-corrected chi connectivity index (χ1v) is 8.31. The maximum Gasteiger partial charge on any atom is 0.170 e. The first kappa shape index (κ1) is 17.8. The van der Waals surface area contributed by atoms with Crippen molar-refractivity contribution in [2.45, 2.75) is 39.0 Å². The second-order valence-electron chi connectivity index (χ2n) is 6.06. The molecule has 124 valence electrons. The zero-order chi connectivity index (χ0) is 17.5. The van der Waals surface area contributed by atoms with Crippen LogP contribution < -0.4 is 0 Å². The number of allylic oxidation sites excluding steroid dienone is 1. The summed E-state index contributed by atoms with van der Waals surface area (Å²) in [4.78, 5) is 23.6. The molecule has 0 heterocycles. The number of Topliss-reactive ketones (excluding diaryl/α,β-unsaturated/α-hetero) is 1. The Kier molecular flexibility index (Phi) is 6.19. The normalized spacial score (nSPS) is 11.8. The summed E-state index contributed by atoms with van der Waals surface area (Å²) < 4.78 is 0. The van der Waals surface area contributed by atoms with E-state index in [1.54, 1.807) is 24.3 Å². The highest BCUT2D eigenvalue weighted by Crippen LogP contribution is 2.32. The van der Waals surface area contributed by atoms with E-state index in [9.17, 15) is 9.70 Å². The topological polar surface area (TPSA) is 46.5 Å². The van der Waals surface area contributed by atoms with Crippen molar-refractivity contribution in [3.8, 4) is 0 Å². The number of nitroso groups, excluding NO2 is 1. The van der Waals surface area contributed by atoms with Crippen LogP contribution in [0.25, 0.3) is 5.57 Å². The van der Waals surface area contributed by atoms with Gasteiger partial charge in [0, 0.05) is 11.5 Å². The summed E-state index contributed by atoms with van der Waals surface area (Å²) in [7, 11) is 0. The number of hydrogen-bond acceptors (Lipinski definition) is 3. The first-order valence-electron chi connectivity index (χ1n) is 8.31. The molecule has 0 aliphatic carbocycles. The largest absolute Gasteiger partial charge is 0.293 e. The number of benzene rings is 2. The van der Waals surface area contributed by atoms with Crippen molar-refractivity contribution in [3.63, 3.8) is 0 Å². The molecule has 0 aliphatic rings. The van der Waals surface area contributed by atoms with Gasteiger partial charge in [0.2, 0.25) is 0 Å². The summed E-state index contributed by atoms with van der Waals surface area (Å²) in [6.07, 6.45) is 2.81. The molecule has 2 aromatic carbocycles. The van der Waals surface area contributed by atoms with E-state index in [0.29, 0.717) is 11.3 Å². The minimum absolute atomic E-state index is 0.0783. The SMILES string of the molecule is C=C(C)c1ccccc1C(CCCC)C(=O)c1ccc(N=O)cc1. The lowest BCUT2D eigenvalue weighted by atomic mass is 9.83. The van der Waals surface area contributed by atoms with Crippen LogP contribution in [-0.2, 0) is 0 Å². The van der Waals surface area contributed by atoms with Crippen molar-refractivity contribution in [2.75, 3.05) is 0 Å². The van der Waals surface area contributed by atoms with Crippen LogP contribution in [0.4, 0.5) is 5.69 Å². The molecule has 0 saturated carbocycles. The van der Waals surface area contributed by atoms with Crippen molar-refractivity contribution in [3.05, 3.63) is 76.7 Å². The van der Waals surface area contributed by atoms with E-state index in [4.69, 9.17) is 0 Å². The zero-order valence-corrected chi connectivity index (χ0v) is 14.3. The lowest BCUT2D eigenvalue weighted by molar-refractivity contribution is 0.0954. The molecular formula is C21H23NO2.